The summed E-state index contributed by atoms with van der Waals surface area (Å²) >= 11 is 0. The number of fused-ring (bicyclic) bond motifs is 2. The first kappa shape index (κ1) is 17.3. The van der Waals surface area contributed by atoms with Gasteiger partial charge in [-0.25, -0.2) is 9.67 Å². The van der Waals surface area contributed by atoms with E-state index in [-0.39, 0.29) is 12.5 Å². The van der Waals surface area contributed by atoms with Crippen molar-refractivity contribution in [1.82, 2.24) is 25.0 Å². The normalized spacial score (nSPS) is 13.9. The molecule has 0 radical (unpaired) electrons. The number of anilines is 2. The van der Waals surface area contributed by atoms with Crippen molar-refractivity contribution in [3.8, 4) is 0 Å². The lowest BCUT2D eigenvalue weighted by Gasteiger charge is -2.19. The molecular formula is C17H16F3N7. The third-order valence-corrected chi connectivity index (χ3v) is 4.27. The Hall–Kier alpha value is -3.17. The molecule has 1 aromatic carbocycles. The molecule has 7 nitrogen and oxygen atoms in total. The van der Waals surface area contributed by atoms with Crippen molar-refractivity contribution in [2.24, 2.45) is 7.05 Å². The van der Waals surface area contributed by atoms with Gasteiger partial charge in [0.2, 0.25) is 5.95 Å². The number of halogens is 3. The summed E-state index contributed by atoms with van der Waals surface area (Å²) in [5.41, 5.74) is 4.42. The second-order valence-electron chi connectivity index (χ2n) is 6.16. The lowest BCUT2D eigenvalue weighted by atomic mass is 9.96. The molecule has 3 heterocycles. The van der Waals surface area contributed by atoms with E-state index >= 15 is 0 Å². The molecule has 0 saturated heterocycles. The molecule has 4 rings (SSSR count). The highest BCUT2D eigenvalue weighted by Crippen LogP contribution is 2.32. The number of hydrogen-bond donors (Lipinski definition) is 2. The van der Waals surface area contributed by atoms with Gasteiger partial charge in [-0.2, -0.15) is 18.2 Å². The van der Waals surface area contributed by atoms with Crippen LogP contribution >= 0.6 is 0 Å². The Morgan fingerprint density at radius 1 is 1.30 bits per heavy atom. The van der Waals surface area contributed by atoms with Crippen LogP contribution in [-0.2, 0) is 7.05 Å². The van der Waals surface area contributed by atoms with Crippen molar-refractivity contribution in [3.05, 3.63) is 41.6 Å². The largest absolute Gasteiger partial charge is 0.390 e. The summed E-state index contributed by atoms with van der Waals surface area (Å²) in [6, 6.07) is 5.84. The van der Waals surface area contributed by atoms with E-state index in [0.29, 0.717) is 12.4 Å². The third-order valence-electron chi connectivity index (χ3n) is 4.27. The van der Waals surface area contributed by atoms with Crippen LogP contribution in [0.3, 0.4) is 0 Å². The molecule has 1 aliphatic rings. The smallest absolute Gasteiger partial charge is 0.366 e. The fourth-order valence-corrected chi connectivity index (χ4v) is 2.95. The van der Waals surface area contributed by atoms with Crippen LogP contribution in [0.1, 0.15) is 17.5 Å². The van der Waals surface area contributed by atoms with Crippen LogP contribution in [0.25, 0.3) is 16.6 Å². The van der Waals surface area contributed by atoms with E-state index in [9.17, 15) is 13.2 Å². The highest BCUT2D eigenvalue weighted by molar-refractivity contribution is 5.90. The van der Waals surface area contributed by atoms with E-state index in [1.54, 1.807) is 10.9 Å². The van der Waals surface area contributed by atoms with Gasteiger partial charge in [0.1, 0.15) is 11.3 Å². The molecule has 0 amide bonds. The van der Waals surface area contributed by atoms with Gasteiger partial charge in [-0.3, -0.25) is 0 Å². The third kappa shape index (κ3) is 3.55. The minimum absolute atomic E-state index is 0.165. The van der Waals surface area contributed by atoms with Crippen LogP contribution < -0.4 is 10.6 Å². The van der Waals surface area contributed by atoms with E-state index in [0.717, 1.165) is 27.7 Å². The average Bonchev–Trinajstić information content (AvgIpc) is 3.00. The molecule has 0 saturated carbocycles. The Morgan fingerprint density at radius 3 is 2.96 bits per heavy atom. The fraction of sp³-hybridized carbons (Fsp3) is 0.294. The van der Waals surface area contributed by atoms with Crippen LogP contribution in [0.2, 0.25) is 0 Å². The quantitative estimate of drug-likeness (QED) is 0.730. The summed E-state index contributed by atoms with van der Waals surface area (Å²) < 4.78 is 38.5. The maximum Gasteiger partial charge on any atom is 0.390 e. The van der Waals surface area contributed by atoms with Crippen LogP contribution in [-0.4, -0.2) is 44.2 Å². The number of aryl methyl sites for hydroxylation is 1. The summed E-state index contributed by atoms with van der Waals surface area (Å²) in [7, 11) is 1.83. The maximum absolute atomic E-state index is 12.3. The van der Waals surface area contributed by atoms with Gasteiger partial charge in [0.15, 0.2) is 0 Å². The van der Waals surface area contributed by atoms with Crippen molar-refractivity contribution >= 4 is 28.4 Å². The molecule has 2 N–H and O–H groups in total. The van der Waals surface area contributed by atoms with Crippen molar-refractivity contribution < 1.29 is 13.2 Å². The van der Waals surface area contributed by atoms with E-state index < -0.39 is 12.6 Å². The molecule has 0 atom stereocenters. The monoisotopic (exact) mass is 375 g/mol. The molecule has 3 aromatic rings. The zero-order valence-electron chi connectivity index (χ0n) is 14.4. The Balaban J connectivity index is 1.60. The maximum atomic E-state index is 12.3. The topological polar surface area (TPSA) is 80.5 Å². The molecule has 10 heteroatoms. The van der Waals surface area contributed by atoms with Gasteiger partial charge in [-0.1, -0.05) is 17.4 Å². The Labute approximate surface area is 152 Å². The van der Waals surface area contributed by atoms with Gasteiger partial charge in [0.25, 0.3) is 0 Å². The van der Waals surface area contributed by atoms with Gasteiger partial charge in [-0.05, 0) is 23.3 Å². The molecule has 1 aliphatic heterocycles. The predicted molar refractivity (Wildman–Crippen MR) is 95.3 cm³/mol. The first-order valence-electron chi connectivity index (χ1n) is 8.32. The summed E-state index contributed by atoms with van der Waals surface area (Å²) in [6.07, 6.45) is -1.52. The number of benzene rings is 1. The number of hydrogen-bond acceptors (Lipinski definition) is 6. The van der Waals surface area contributed by atoms with Crippen molar-refractivity contribution in [1.29, 1.82) is 0 Å². The Morgan fingerprint density at radius 2 is 2.15 bits per heavy atom. The average molecular weight is 375 g/mol. The van der Waals surface area contributed by atoms with Gasteiger partial charge < -0.3 is 10.6 Å². The van der Waals surface area contributed by atoms with E-state index in [4.69, 9.17) is 0 Å². The van der Waals surface area contributed by atoms with E-state index in [1.165, 1.54) is 0 Å². The highest BCUT2D eigenvalue weighted by atomic mass is 19.4. The summed E-state index contributed by atoms with van der Waals surface area (Å²) in [4.78, 5) is 8.46. The second kappa shape index (κ2) is 6.53. The van der Waals surface area contributed by atoms with Crippen molar-refractivity contribution in [2.75, 3.05) is 23.7 Å². The van der Waals surface area contributed by atoms with Gasteiger partial charge >= 0.3 is 6.18 Å². The molecule has 27 heavy (non-hydrogen) atoms. The van der Waals surface area contributed by atoms with Crippen LogP contribution in [0.4, 0.5) is 24.9 Å². The minimum atomic E-state index is -4.21. The predicted octanol–water partition coefficient (Wildman–Crippen LogP) is 2.98. The Kier molecular flexibility index (Phi) is 4.17. The minimum Gasteiger partial charge on any atom is -0.366 e. The highest BCUT2D eigenvalue weighted by Gasteiger charge is 2.26. The lowest BCUT2D eigenvalue weighted by Crippen LogP contribution is -2.17. The van der Waals surface area contributed by atoms with Gasteiger partial charge in [0.05, 0.1) is 11.9 Å². The van der Waals surface area contributed by atoms with Crippen LogP contribution in [0, 0.1) is 0 Å². The summed E-state index contributed by atoms with van der Waals surface area (Å²) in [5, 5.41) is 13.8. The summed E-state index contributed by atoms with van der Waals surface area (Å²) in [6.45, 7) is 0.290. The first-order valence-corrected chi connectivity index (χ1v) is 8.32. The standard InChI is InChI=1S/C17H16F3N7/c1-27-14-8-10(2-3-13(14)25-26-27)11-4-6-21-15-12(11)9-23-16(24-15)22-7-5-17(18,19)20/h2-4,8-9H,5-7H2,1H3,(H2,21,22,23,24). The molecule has 0 spiro atoms. The molecular weight excluding hydrogens is 359 g/mol. The zero-order chi connectivity index (χ0) is 19.0. The van der Waals surface area contributed by atoms with Crippen molar-refractivity contribution in [2.45, 2.75) is 12.6 Å². The zero-order valence-corrected chi connectivity index (χ0v) is 14.4. The number of nitrogens with one attached hydrogen (secondary N) is 2. The number of nitrogens with zero attached hydrogens (tertiary/aromatic N) is 5. The lowest BCUT2D eigenvalue weighted by molar-refractivity contribution is -0.131. The van der Waals surface area contributed by atoms with E-state index in [2.05, 4.69) is 30.9 Å². The molecule has 0 fully saturated rings. The first-order chi connectivity index (χ1) is 12.9. The summed E-state index contributed by atoms with van der Waals surface area (Å²) in [5.74, 6) is 0.748. The van der Waals surface area contributed by atoms with Gasteiger partial charge in [0, 0.05) is 31.9 Å². The van der Waals surface area contributed by atoms with Gasteiger partial charge in [-0.15, -0.1) is 5.10 Å². The number of aromatic nitrogens is 5. The fourth-order valence-electron chi connectivity index (χ4n) is 2.95. The van der Waals surface area contributed by atoms with Crippen molar-refractivity contribution in [3.63, 3.8) is 0 Å². The van der Waals surface area contributed by atoms with Crippen LogP contribution in [0.5, 0.6) is 0 Å². The Bertz CT molecular complexity index is 1020. The number of rotatable bonds is 4. The second-order valence-corrected chi connectivity index (χ2v) is 6.16. The molecule has 0 aliphatic carbocycles. The molecule has 0 unspecified atom stereocenters. The van der Waals surface area contributed by atoms with Crippen LogP contribution in [0.15, 0.2) is 30.5 Å². The SMILES string of the molecule is Cn1nnc2ccc(C3=CCNc4nc(NCCC(F)(F)F)ncc43)cc21. The molecule has 0 bridgehead atoms. The number of alkyl halides is 3. The van der Waals surface area contributed by atoms with E-state index in [1.807, 2.05) is 31.3 Å². The molecule has 2 aromatic heterocycles. The molecule has 140 valence electrons.